The lowest BCUT2D eigenvalue weighted by Gasteiger charge is -2.33. The van der Waals surface area contributed by atoms with Gasteiger partial charge in [0.2, 0.25) is 0 Å². The SMILES string of the molecule is Cc1ccccc1Nc1cc(N2CCN(C)CC2)nc(-c2ccccc2)n1. The average molecular weight is 359 g/mol. The number of hydrogen-bond donors (Lipinski definition) is 1. The fourth-order valence-electron chi connectivity index (χ4n) is 3.26. The Kier molecular flexibility index (Phi) is 5.03. The molecule has 0 spiro atoms. The Labute approximate surface area is 160 Å². The number of hydrogen-bond acceptors (Lipinski definition) is 5. The molecule has 0 atom stereocenters. The number of aromatic nitrogens is 2. The Balaban J connectivity index is 1.71. The van der Waals surface area contributed by atoms with Crippen LogP contribution in [0, 0.1) is 6.92 Å². The van der Waals surface area contributed by atoms with Gasteiger partial charge in [0.05, 0.1) is 0 Å². The van der Waals surface area contributed by atoms with Gasteiger partial charge in [-0.15, -0.1) is 0 Å². The summed E-state index contributed by atoms with van der Waals surface area (Å²) in [5.41, 5.74) is 3.29. The summed E-state index contributed by atoms with van der Waals surface area (Å²) < 4.78 is 0. The Morgan fingerprint density at radius 2 is 1.56 bits per heavy atom. The minimum Gasteiger partial charge on any atom is -0.354 e. The fraction of sp³-hybridized carbons (Fsp3) is 0.273. The second kappa shape index (κ2) is 7.76. The highest BCUT2D eigenvalue weighted by Crippen LogP contribution is 2.26. The van der Waals surface area contributed by atoms with Crippen molar-refractivity contribution in [2.24, 2.45) is 0 Å². The van der Waals surface area contributed by atoms with Crippen molar-refractivity contribution < 1.29 is 0 Å². The van der Waals surface area contributed by atoms with Crippen LogP contribution in [0.15, 0.2) is 60.7 Å². The first kappa shape index (κ1) is 17.5. The van der Waals surface area contributed by atoms with E-state index in [0.29, 0.717) is 0 Å². The largest absolute Gasteiger partial charge is 0.354 e. The summed E-state index contributed by atoms with van der Waals surface area (Å²) in [6, 6.07) is 20.5. The number of piperazine rings is 1. The van der Waals surface area contributed by atoms with Crippen molar-refractivity contribution in [1.82, 2.24) is 14.9 Å². The first-order valence-corrected chi connectivity index (χ1v) is 9.40. The molecule has 1 aromatic heterocycles. The van der Waals surface area contributed by atoms with Crippen LogP contribution in [-0.4, -0.2) is 48.1 Å². The third-order valence-corrected chi connectivity index (χ3v) is 4.98. The molecule has 0 aliphatic carbocycles. The van der Waals surface area contributed by atoms with E-state index in [4.69, 9.17) is 9.97 Å². The lowest BCUT2D eigenvalue weighted by atomic mass is 10.2. The van der Waals surface area contributed by atoms with Gasteiger partial charge >= 0.3 is 0 Å². The zero-order valence-electron chi connectivity index (χ0n) is 15.9. The summed E-state index contributed by atoms with van der Waals surface area (Å²) in [7, 11) is 2.16. The van der Waals surface area contributed by atoms with Gasteiger partial charge in [-0.2, -0.15) is 0 Å². The second-order valence-electron chi connectivity index (χ2n) is 7.03. The molecule has 2 aromatic carbocycles. The summed E-state index contributed by atoms with van der Waals surface area (Å²) in [6.07, 6.45) is 0. The number of para-hydroxylation sites is 1. The molecule has 1 aliphatic heterocycles. The number of anilines is 3. The fourth-order valence-corrected chi connectivity index (χ4v) is 3.26. The molecule has 2 heterocycles. The van der Waals surface area contributed by atoms with Crippen LogP contribution in [0.5, 0.6) is 0 Å². The topological polar surface area (TPSA) is 44.3 Å². The zero-order chi connectivity index (χ0) is 18.6. The van der Waals surface area contributed by atoms with E-state index in [-0.39, 0.29) is 0 Å². The number of likely N-dealkylation sites (N-methyl/N-ethyl adjacent to an activating group) is 1. The number of benzene rings is 2. The smallest absolute Gasteiger partial charge is 0.163 e. The number of nitrogens with zero attached hydrogens (tertiary/aromatic N) is 4. The number of aryl methyl sites for hydroxylation is 1. The van der Waals surface area contributed by atoms with Crippen LogP contribution in [0.3, 0.4) is 0 Å². The van der Waals surface area contributed by atoms with Gasteiger partial charge in [0.15, 0.2) is 5.82 Å². The van der Waals surface area contributed by atoms with Crippen molar-refractivity contribution in [3.05, 3.63) is 66.2 Å². The Morgan fingerprint density at radius 1 is 0.852 bits per heavy atom. The quantitative estimate of drug-likeness (QED) is 0.764. The van der Waals surface area contributed by atoms with Crippen molar-refractivity contribution >= 4 is 17.3 Å². The van der Waals surface area contributed by atoms with Crippen LogP contribution in [0.25, 0.3) is 11.4 Å². The van der Waals surface area contributed by atoms with Crippen LogP contribution < -0.4 is 10.2 Å². The van der Waals surface area contributed by atoms with Crippen LogP contribution in [-0.2, 0) is 0 Å². The molecule has 0 bridgehead atoms. The third-order valence-electron chi connectivity index (χ3n) is 4.98. The second-order valence-corrected chi connectivity index (χ2v) is 7.03. The summed E-state index contributed by atoms with van der Waals surface area (Å²) in [5, 5.41) is 3.48. The third kappa shape index (κ3) is 4.09. The van der Waals surface area contributed by atoms with Crippen LogP contribution >= 0.6 is 0 Å². The average Bonchev–Trinajstić information content (AvgIpc) is 2.71. The first-order valence-electron chi connectivity index (χ1n) is 9.40. The molecule has 0 saturated carbocycles. The van der Waals surface area contributed by atoms with E-state index in [1.165, 1.54) is 5.56 Å². The molecule has 0 radical (unpaired) electrons. The van der Waals surface area contributed by atoms with Crippen LogP contribution in [0.1, 0.15) is 5.56 Å². The molecule has 0 unspecified atom stereocenters. The molecule has 1 fully saturated rings. The van der Waals surface area contributed by atoms with E-state index in [9.17, 15) is 0 Å². The Bertz CT molecular complexity index is 902. The molecule has 5 heteroatoms. The lowest BCUT2D eigenvalue weighted by molar-refractivity contribution is 0.312. The predicted octanol–water partition coefficient (Wildman–Crippen LogP) is 3.95. The van der Waals surface area contributed by atoms with E-state index in [0.717, 1.165) is 54.9 Å². The van der Waals surface area contributed by atoms with Gasteiger partial charge in [-0.25, -0.2) is 9.97 Å². The van der Waals surface area contributed by atoms with E-state index in [1.807, 2.05) is 30.3 Å². The van der Waals surface area contributed by atoms with Gasteiger partial charge < -0.3 is 15.1 Å². The lowest BCUT2D eigenvalue weighted by Crippen LogP contribution is -2.44. The van der Waals surface area contributed by atoms with Gasteiger partial charge in [0, 0.05) is 43.5 Å². The van der Waals surface area contributed by atoms with E-state index >= 15 is 0 Å². The minimum atomic E-state index is 0.753. The van der Waals surface area contributed by atoms with Gasteiger partial charge in [0.25, 0.3) is 0 Å². The Morgan fingerprint density at radius 3 is 2.30 bits per heavy atom. The molecular formula is C22H25N5. The molecule has 1 N–H and O–H groups in total. The molecule has 27 heavy (non-hydrogen) atoms. The molecule has 3 aromatic rings. The van der Waals surface area contributed by atoms with E-state index < -0.39 is 0 Å². The Hall–Kier alpha value is -2.92. The number of nitrogens with one attached hydrogen (secondary N) is 1. The monoisotopic (exact) mass is 359 g/mol. The summed E-state index contributed by atoms with van der Waals surface area (Å²) in [5.74, 6) is 2.56. The van der Waals surface area contributed by atoms with Crippen LogP contribution in [0.4, 0.5) is 17.3 Å². The van der Waals surface area contributed by atoms with Crippen molar-refractivity contribution in [1.29, 1.82) is 0 Å². The normalized spacial score (nSPS) is 15.0. The molecule has 1 aliphatic rings. The van der Waals surface area contributed by atoms with Crippen molar-refractivity contribution in [2.45, 2.75) is 6.92 Å². The molecule has 0 amide bonds. The number of rotatable bonds is 4. The first-order chi connectivity index (χ1) is 13.2. The molecule has 138 valence electrons. The highest BCUT2D eigenvalue weighted by molar-refractivity contribution is 5.67. The maximum atomic E-state index is 4.87. The molecule has 4 rings (SSSR count). The summed E-state index contributed by atoms with van der Waals surface area (Å²) in [6.45, 7) is 6.15. The van der Waals surface area contributed by atoms with E-state index in [2.05, 4.69) is 59.4 Å². The van der Waals surface area contributed by atoms with Gasteiger partial charge in [-0.3, -0.25) is 0 Å². The maximum absolute atomic E-state index is 4.87. The molecule has 5 nitrogen and oxygen atoms in total. The highest BCUT2D eigenvalue weighted by atomic mass is 15.3. The molecular weight excluding hydrogens is 334 g/mol. The minimum absolute atomic E-state index is 0.753. The van der Waals surface area contributed by atoms with Crippen LogP contribution in [0.2, 0.25) is 0 Å². The van der Waals surface area contributed by atoms with Gasteiger partial charge in [-0.05, 0) is 25.6 Å². The zero-order valence-corrected chi connectivity index (χ0v) is 15.9. The standard InChI is InChI=1S/C22H25N5/c1-17-8-6-7-11-19(17)23-20-16-21(27-14-12-26(2)13-15-27)25-22(24-20)18-9-4-3-5-10-18/h3-11,16H,12-15H2,1-2H3,(H,23,24,25). The highest BCUT2D eigenvalue weighted by Gasteiger charge is 2.18. The van der Waals surface area contributed by atoms with Crippen molar-refractivity contribution in [2.75, 3.05) is 43.4 Å². The van der Waals surface area contributed by atoms with Gasteiger partial charge in [0.1, 0.15) is 11.6 Å². The molecule has 1 saturated heterocycles. The maximum Gasteiger partial charge on any atom is 0.163 e. The van der Waals surface area contributed by atoms with Crippen molar-refractivity contribution in [3.63, 3.8) is 0 Å². The van der Waals surface area contributed by atoms with Gasteiger partial charge in [-0.1, -0.05) is 48.5 Å². The predicted molar refractivity (Wildman–Crippen MR) is 112 cm³/mol. The van der Waals surface area contributed by atoms with E-state index in [1.54, 1.807) is 0 Å². The summed E-state index contributed by atoms with van der Waals surface area (Å²) >= 11 is 0. The summed E-state index contributed by atoms with van der Waals surface area (Å²) in [4.78, 5) is 14.4. The van der Waals surface area contributed by atoms with Crippen molar-refractivity contribution in [3.8, 4) is 11.4 Å².